The van der Waals surface area contributed by atoms with Crippen LogP contribution in [-0.2, 0) is 4.74 Å². The fourth-order valence-electron chi connectivity index (χ4n) is 1.68. The summed E-state index contributed by atoms with van der Waals surface area (Å²) in [5, 5.41) is 2.97. The number of allylic oxidation sites excluding steroid dienone is 1. The Balaban J connectivity index is 2.66. The molecule has 4 nitrogen and oxygen atoms in total. The van der Waals surface area contributed by atoms with Gasteiger partial charge in [-0.2, -0.15) is 0 Å². The molecule has 0 aliphatic heterocycles. The lowest BCUT2D eigenvalue weighted by molar-refractivity contribution is 0.203. The van der Waals surface area contributed by atoms with Crippen molar-refractivity contribution < 1.29 is 4.74 Å². The van der Waals surface area contributed by atoms with E-state index in [9.17, 15) is 0 Å². The summed E-state index contributed by atoms with van der Waals surface area (Å²) < 4.78 is 5.82. The maximum absolute atomic E-state index is 5.85. The first kappa shape index (κ1) is 13.6. The molecule has 4 heteroatoms. The van der Waals surface area contributed by atoms with Gasteiger partial charge in [-0.1, -0.05) is 6.92 Å². The van der Waals surface area contributed by atoms with Crippen molar-refractivity contribution in [2.75, 3.05) is 20.7 Å². The van der Waals surface area contributed by atoms with Gasteiger partial charge in [-0.15, -0.1) is 0 Å². The normalized spacial score (nSPS) is 25.8. The van der Waals surface area contributed by atoms with Gasteiger partial charge in [0.05, 0.1) is 12.2 Å². The number of hydrogen-bond acceptors (Lipinski definition) is 3. The van der Waals surface area contributed by atoms with Crippen LogP contribution >= 0.6 is 0 Å². The fourth-order valence-corrected chi connectivity index (χ4v) is 1.68. The van der Waals surface area contributed by atoms with Gasteiger partial charge in [0.15, 0.2) is 0 Å². The summed E-state index contributed by atoms with van der Waals surface area (Å²) in [6, 6.07) is 0. The van der Waals surface area contributed by atoms with Gasteiger partial charge in [0.2, 0.25) is 0 Å². The maximum atomic E-state index is 5.85. The number of nitrogens with zero attached hydrogens (tertiary/aromatic N) is 1. The van der Waals surface area contributed by atoms with Gasteiger partial charge in [-0.3, -0.25) is 4.99 Å². The monoisotopic (exact) mass is 237 g/mol. The minimum absolute atomic E-state index is 0.483. The minimum Gasteiger partial charge on any atom is -0.493 e. The summed E-state index contributed by atoms with van der Waals surface area (Å²) in [4.78, 5) is 4.00. The summed E-state index contributed by atoms with van der Waals surface area (Å²) in [7, 11) is 3.51. The van der Waals surface area contributed by atoms with Gasteiger partial charge < -0.3 is 15.8 Å². The summed E-state index contributed by atoms with van der Waals surface area (Å²) in [5.74, 6) is 2.76. The van der Waals surface area contributed by atoms with Crippen LogP contribution in [0, 0.1) is 11.8 Å². The first-order chi connectivity index (χ1) is 8.13. The largest absolute Gasteiger partial charge is 0.493 e. The molecule has 0 aromatic carbocycles. The van der Waals surface area contributed by atoms with Crippen LogP contribution in [0.15, 0.2) is 28.6 Å². The average Bonchev–Trinajstić information content (AvgIpc) is 3.03. The molecule has 1 rings (SSSR count). The number of aliphatic imine (C=N–C) groups is 1. The summed E-state index contributed by atoms with van der Waals surface area (Å²) >= 11 is 0. The van der Waals surface area contributed by atoms with Gasteiger partial charge in [0, 0.05) is 20.3 Å². The molecule has 0 bridgehead atoms. The molecule has 2 atom stereocenters. The van der Waals surface area contributed by atoms with Gasteiger partial charge in [0.25, 0.3) is 0 Å². The van der Waals surface area contributed by atoms with Crippen molar-refractivity contribution in [1.29, 1.82) is 0 Å². The summed E-state index contributed by atoms with van der Waals surface area (Å²) in [6.45, 7) is 4.95. The van der Waals surface area contributed by atoms with Crippen molar-refractivity contribution in [3.05, 3.63) is 23.6 Å². The van der Waals surface area contributed by atoms with Crippen molar-refractivity contribution >= 4 is 5.84 Å². The SMILES string of the molecule is C\C=C(OCC1CC1C)/C(=C/NC)C(/N)=N\C. The molecule has 0 aromatic rings. The Bertz CT molecular complexity index is 345. The quantitative estimate of drug-likeness (QED) is 0.320. The number of rotatable bonds is 6. The van der Waals surface area contributed by atoms with E-state index in [1.54, 1.807) is 7.05 Å². The summed E-state index contributed by atoms with van der Waals surface area (Å²) in [6.07, 6.45) is 5.00. The van der Waals surface area contributed by atoms with E-state index in [-0.39, 0.29) is 0 Å². The molecule has 0 heterocycles. The maximum Gasteiger partial charge on any atom is 0.130 e. The number of hydrogen-bond donors (Lipinski definition) is 2. The molecule has 1 aliphatic carbocycles. The van der Waals surface area contributed by atoms with E-state index in [0.29, 0.717) is 11.8 Å². The lowest BCUT2D eigenvalue weighted by Gasteiger charge is -2.13. The van der Waals surface area contributed by atoms with Gasteiger partial charge >= 0.3 is 0 Å². The van der Waals surface area contributed by atoms with E-state index in [1.807, 2.05) is 26.2 Å². The Labute approximate surface area is 104 Å². The zero-order chi connectivity index (χ0) is 12.8. The van der Waals surface area contributed by atoms with Crippen molar-refractivity contribution in [2.24, 2.45) is 22.6 Å². The molecule has 0 aromatic heterocycles. The third-order valence-electron chi connectivity index (χ3n) is 3.06. The van der Waals surface area contributed by atoms with Crippen LogP contribution in [0.25, 0.3) is 0 Å². The predicted octanol–water partition coefficient (Wildman–Crippen LogP) is 1.65. The molecule has 17 heavy (non-hydrogen) atoms. The molecule has 1 saturated carbocycles. The van der Waals surface area contributed by atoms with Crippen molar-refractivity contribution in [2.45, 2.75) is 20.3 Å². The molecule has 1 aliphatic rings. The number of ether oxygens (including phenoxy) is 1. The fraction of sp³-hybridized carbons (Fsp3) is 0.615. The molecular weight excluding hydrogens is 214 g/mol. The Hall–Kier alpha value is -1.45. The van der Waals surface area contributed by atoms with E-state index in [1.165, 1.54) is 6.42 Å². The lowest BCUT2D eigenvalue weighted by atomic mass is 10.2. The van der Waals surface area contributed by atoms with Gasteiger partial charge in [0.1, 0.15) is 11.6 Å². The molecule has 0 amide bonds. The van der Waals surface area contributed by atoms with E-state index in [0.717, 1.165) is 23.9 Å². The molecule has 2 unspecified atom stereocenters. The third kappa shape index (κ3) is 3.80. The van der Waals surface area contributed by atoms with Crippen LogP contribution in [0.2, 0.25) is 0 Å². The molecular formula is C13H23N3O. The van der Waals surface area contributed by atoms with Crippen LogP contribution in [0.3, 0.4) is 0 Å². The number of amidine groups is 1. The predicted molar refractivity (Wildman–Crippen MR) is 71.7 cm³/mol. The first-order valence-corrected chi connectivity index (χ1v) is 6.03. The van der Waals surface area contributed by atoms with E-state index >= 15 is 0 Å². The van der Waals surface area contributed by atoms with Crippen LogP contribution in [-0.4, -0.2) is 26.5 Å². The second kappa shape index (κ2) is 6.33. The molecule has 0 spiro atoms. The van der Waals surface area contributed by atoms with Crippen molar-refractivity contribution in [3.8, 4) is 0 Å². The van der Waals surface area contributed by atoms with E-state index < -0.39 is 0 Å². The molecule has 0 radical (unpaired) electrons. The Morgan fingerprint density at radius 2 is 2.24 bits per heavy atom. The van der Waals surface area contributed by atoms with Crippen molar-refractivity contribution in [1.82, 2.24) is 5.32 Å². The smallest absolute Gasteiger partial charge is 0.130 e. The molecule has 96 valence electrons. The van der Waals surface area contributed by atoms with Gasteiger partial charge in [-0.05, 0) is 31.3 Å². The molecule has 1 fully saturated rings. The second-order valence-electron chi connectivity index (χ2n) is 4.39. The highest BCUT2D eigenvalue weighted by atomic mass is 16.5. The van der Waals surface area contributed by atoms with E-state index in [2.05, 4.69) is 17.2 Å². The van der Waals surface area contributed by atoms with Crippen LogP contribution in [0.4, 0.5) is 0 Å². The second-order valence-corrected chi connectivity index (χ2v) is 4.39. The highest BCUT2D eigenvalue weighted by Crippen LogP contribution is 2.38. The first-order valence-electron chi connectivity index (χ1n) is 6.03. The minimum atomic E-state index is 0.483. The van der Waals surface area contributed by atoms with E-state index in [4.69, 9.17) is 10.5 Å². The Kier molecular flexibility index (Phi) is 5.07. The standard InChI is InChI=1S/C13H23N3O/c1-5-12(17-8-10-6-9(10)2)11(7-15-3)13(14)16-4/h5,7,9-10,15H,6,8H2,1-4H3,(H2,14,16)/b11-7-,12-5+. The Morgan fingerprint density at radius 3 is 2.65 bits per heavy atom. The zero-order valence-corrected chi connectivity index (χ0v) is 11.2. The lowest BCUT2D eigenvalue weighted by Crippen LogP contribution is -2.20. The number of nitrogens with one attached hydrogen (secondary N) is 1. The van der Waals surface area contributed by atoms with Crippen LogP contribution < -0.4 is 11.1 Å². The van der Waals surface area contributed by atoms with Crippen LogP contribution in [0.5, 0.6) is 0 Å². The average molecular weight is 237 g/mol. The van der Waals surface area contributed by atoms with Gasteiger partial charge in [-0.25, -0.2) is 0 Å². The zero-order valence-electron chi connectivity index (χ0n) is 11.2. The molecule has 3 N–H and O–H groups in total. The number of nitrogens with two attached hydrogens (primary N) is 1. The third-order valence-corrected chi connectivity index (χ3v) is 3.06. The topological polar surface area (TPSA) is 59.6 Å². The summed E-state index contributed by atoms with van der Waals surface area (Å²) in [5.41, 5.74) is 6.66. The Morgan fingerprint density at radius 1 is 1.59 bits per heavy atom. The molecule has 0 saturated heterocycles. The highest BCUT2D eigenvalue weighted by molar-refractivity contribution is 6.00. The van der Waals surface area contributed by atoms with Crippen molar-refractivity contribution in [3.63, 3.8) is 0 Å². The highest BCUT2D eigenvalue weighted by Gasteiger charge is 2.33. The van der Waals surface area contributed by atoms with Crippen LogP contribution in [0.1, 0.15) is 20.3 Å².